The second-order valence-corrected chi connectivity index (χ2v) is 3.94. The largest absolute Gasteiger partial charge is 0.467 e. The number of hydrogen-bond acceptors (Lipinski definition) is 5. The lowest BCUT2D eigenvalue weighted by atomic mass is 10.2. The Morgan fingerprint density at radius 2 is 2.39 bits per heavy atom. The SMILES string of the molecule is Cc1noc(CCCC(=O)NCc2ccco2)n1. The van der Waals surface area contributed by atoms with Gasteiger partial charge in [0.1, 0.15) is 5.76 Å². The van der Waals surface area contributed by atoms with Crippen LogP contribution >= 0.6 is 0 Å². The van der Waals surface area contributed by atoms with Crippen molar-refractivity contribution in [2.24, 2.45) is 0 Å². The minimum Gasteiger partial charge on any atom is -0.467 e. The number of amides is 1. The van der Waals surface area contributed by atoms with Gasteiger partial charge in [0.2, 0.25) is 11.8 Å². The molecule has 0 radical (unpaired) electrons. The number of nitrogens with zero attached hydrogens (tertiary/aromatic N) is 2. The van der Waals surface area contributed by atoms with E-state index in [1.54, 1.807) is 19.3 Å². The monoisotopic (exact) mass is 249 g/mol. The molecule has 2 aromatic heterocycles. The van der Waals surface area contributed by atoms with Crippen LogP contribution < -0.4 is 5.32 Å². The van der Waals surface area contributed by atoms with Gasteiger partial charge in [-0.2, -0.15) is 4.98 Å². The van der Waals surface area contributed by atoms with Crippen molar-refractivity contribution >= 4 is 5.91 Å². The predicted molar refractivity (Wildman–Crippen MR) is 62.5 cm³/mol. The van der Waals surface area contributed by atoms with E-state index in [9.17, 15) is 4.79 Å². The fourth-order valence-electron chi connectivity index (χ4n) is 1.53. The Labute approximate surface area is 104 Å². The summed E-state index contributed by atoms with van der Waals surface area (Å²) in [6.45, 7) is 2.19. The molecule has 96 valence electrons. The normalized spacial score (nSPS) is 10.5. The maximum atomic E-state index is 11.5. The molecule has 2 heterocycles. The van der Waals surface area contributed by atoms with Gasteiger partial charge in [0, 0.05) is 12.8 Å². The average molecular weight is 249 g/mol. The van der Waals surface area contributed by atoms with E-state index in [1.807, 2.05) is 6.07 Å². The van der Waals surface area contributed by atoms with Crippen LogP contribution in [-0.4, -0.2) is 16.0 Å². The third kappa shape index (κ3) is 3.73. The zero-order valence-electron chi connectivity index (χ0n) is 10.2. The van der Waals surface area contributed by atoms with Gasteiger partial charge in [-0.15, -0.1) is 0 Å². The zero-order valence-corrected chi connectivity index (χ0v) is 10.2. The van der Waals surface area contributed by atoms with Crippen molar-refractivity contribution in [1.29, 1.82) is 0 Å². The lowest BCUT2D eigenvalue weighted by Gasteiger charge is -2.01. The van der Waals surface area contributed by atoms with Gasteiger partial charge in [-0.1, -0.05) is 5.16 Å². The molecule has 0 aliphatic carbocycles. The quantitative estimate of drug-likeness (QED) is 0.841. The highest BCUT2D eigenvalue weighted by Gasteiger charge is 2.06. The fraction of sp³-hybridized carbons (Fsp3) is 0.417. The number of carbonyl (C=O) groups excluding carboxylic acids is 1. The van der Waals surface area contributed by atoms with Crippen LogP contribution in [0.15, 0.2) is 27.3 Å². The number of rotatable bonds is 6. The van der Waals surface area contributed by atoms with Gasteiger partial charge < -0.3 is 14.3 Å². The van der Waals surface area contributed by atoms with Crippen LogP contribution in [0.25, 0.3) is 0 Å². The summed E-state index contributed by atoms with van der Waals surface area (Å²) in [7, 11) is 0. The Morgan fingerprint density at radius 1 is 1.50 bits per heavy atom. The van der Waals surface area contributed by atoms with Gasteiger partial charge in [-0.25, -0.2) is 0 Å². The van der Waals surface area contributed by atoms with Crippen LogP contribution in [0.5, 0.6) is 0 Å². The van der Waals surface area contributed by atoms with Crippen molar-refractivity contribution in [3.05, 3.63) is 35.9 Å². The van der Waals surface area contributed by atoms with E-state index in [2.05, 4.69) is 15.5 Å². The van der Waals surface area contributed by atoms with Crippen molar-refractivity contribution in [2.45, 2.75) is 32.7 Å². The molecule has 0 spiro atoms. The molecular formula is C12H15N3O3. The number of aryl methyl sites for hydroxylation is 2. The summed E-state index contributed by atoms with van der Waals surface area (Å²) in [5, 5.41) is 6.46. The van der Waals surface area contributed by atoms with Crippen LogP contribution in [-0.2, 0) is 17.8 Å². The van der Waals surface area contributed by atoms with E-state index in [1.165, 1.54) is 0 Å². The Morgan fingerprint density at radius 3 is 3.06 bits per heavy atom. The van der Waals surface area contributed by atoms with E-state index in [0.29, 0.717) is 37.5 Å². The molecule has 18 heavy (non-hydrogen) atoms. The van der Waals surface area contributed by atoms with Gasteiger partial charge in [-0.3, -0.25) is 4.79 Å². The first-order chi connectivity index (χ1) is 8.74. The van der Waals surface area contributed by atoms with Crippen LogP contribution in [0.1, 0.15) is 30.3 Å². The van der Waals surface area contributed by atoms with E-state index in [4.69, 9.17) is 8.94 Å². The molecule has 0 aromatic carbocycles. The molecule has 0 aliphatic heterocycles. The minimum atomic E-state index is -0.0114. The Balaban J connectivity index is 1.63. The molecule has 0 saturated carbocycles. The molecule has 1 N–H and O–H groups in total. The molecule has 1 amide bonds. The summed E-state index contributed by atoms with van der Waals surface area (Å²) in [5.41, 5.74) is 0. The zero-order chi connectivity index (χ0) is 12.8. The molecular weight excluding hydrogens is 234 g/mol. The summed E-state index contributed by atoms with van der Waals surface area (Å²) >= 11 is 0. The molecule has 0 unspecified atom stereocenters. The number of nitrogens with one attached hydrogen (secondary N) is 1. The molecule has 0 atom stereocenters. The van der Waals surface area contributed by atoms with Crippen molar-refractivity contribution < 1.29 is 13.7 Å². The Kier molecular flexibility index (Phi) is 4.11. The van der Waals surface area contributed by atoms with E-state index in [0.717, 1.165) is 5.76 Å². The van der Waals surface area contributed by atoms with Crippen LogP contribution in [0, 0.1) is 6.92 Å². The van der Waals surface area contributed by atoms with Gasteiger partial charge >= 0.3 is 0 Å². The third-order valence-corrected chi connectivity index (χ3v) is 2.40. The number of furan rings is 1. The number of aromatic nitrogens is 2. The second-order valence-electron chi connectivity index (χ2n) is 3.94. The third-order valence-electron chi connectivity index (χ3n) is 2.40. The van der Waals surface area contributed by atoms with Crippen molar-refractivity contribution in [2.75, 3.05) is 0 Å². The second kappa shape index (κ2) is 6.00. The summed E-state index contributed by atoms with van der Waals surface area (Å²) in [5.74, 6) is 1.93. The van der Waals surface area contributed by atoms with E-state index >= 15 is 0 Å². The predicted octanol–water partition coefficient (Wildman–Crippen LogP) is 1.61. The summed E-state index contributed by atoms with van der Waals surface area (Å²) in [6.07, 6.45) is 3.32. The molecule has 2 rings (SSSR count). The Bertz CT molecular complexity index is 490. The van der Waals surface area contributed by atoms with Gasteiger partial charge in [0.15, 0.2) is 5.82 Å². The van der Waals surface area contributed by atoms with Crippen molar-refractivity contribution in [3.8, 4) is 0 Å². The first kappa shape index (κ1) is 12.3. The fourth-order valence-corrected chi connectivity index (χ4v) is 1.53. The maximum absolute atomic E-state index is 11.5. The molecule has 0 aliphatic rings. The number of hydrogen-bond donors (Lipinski definition) is 1. The standard InChI is InChI=1S/C12H15N3O3/c1-9-14-12(18-15-9)6-2-5-11(16)13-8-10-4-3-7-17-10/h3-4,7H,2,5-6,8H2,1H3,(H,13,16). The van der Waals surface area contributed by atoms with E-state index in [-0.39, 0.29) is 5.91 Å². The molecule has 0 saturated heterocycles. The van der Waals surface area contributed by atoms with Crippen LogP contribution in [0.2, 0.25) is 0 Å². The van der Waals surface area contributed by atoms with Crippen LogP contribution in [0.4, 0.5) is 0 Å². The molecule has 0 bridgehead atoms. The number of carbonyl (C=O) groups is 1. The lowest BCUT2D eigenvalue weighted by molar-refractivity contribution is -0.121. The summed E-state index contributed by atoms with van der Waals surface area (Å²) in [6, 6.07) is 3.61. The molecule has 0 fully saturated rings. The van der Waals surface area contributed by atoms with Crippen molar-refractivity contribution in [3.63, 3.8) is 0 Å². The maximum Gasteiger partial charge on any atom is 0.226 e. The van der Waals surface area contributed by atoms with Gasteiger partial charge in [-0.05, 0) is 25.5 Å². The summed E-state index contributed by atoms with van der Waals surface area (Å²) in [4.78, 5) is 15.6. The topological polar surface area (TPSA) is 81.2 Å². The molecule has 6 heteroatoms. The minimum absolute atomic E-state index is 0.0114. The first-order valence-electron chi connectivity index (χ1n) is 5.82. The summed E-state index contributed by atoms with van der Waals surface area (Å²) < 4.78 is 10.1. The smallest absolute Gasteiger partial charge is 0.226 e. The Hall–Kier alpha value is -2.11. The van der Waals surface area contributed by atoms with Gasteiger partial charge in [0.25, 0.3) is 0 Å². The van der Waals surface area contributed by atoms with Crippen LogP contribution in [0.3, 0.4) is 0 Å². The molecule has 6 nitrogen and oxygen atoms in total. The molecule has 2 aromatic rings. The lowest BCUT2D eigenvalue weighted by Crippen LogP contribution is -2.22. The van der Waals surface area contributed by atoms with Crippen molar-refractivity contribution in [1.82, 2.24) is 15.5 Å². The average Bonchev–Trinajstić information content (AvgIpc) is 2.98. The van der Waals surface area contributed by atoms with E-state index < -0.39 is 0 Å². The first-order valence-corrected chi connectivity index (χ1v) is 5.82. The highest BCUT2D eigenvalue weighted by Crippen LogP contribution is 2.03. The highest BCUT2D eigenvalue weighted by atomic mass is 16.5. The highest BCUT2D eigenvalue weighted by molar-refractivity contribution is 5.75. The van der Waals surface area contributed by atoms with Gasteiger partial charge in [0.05, 0.1) is 12.8 Å².